The highest BCUT2D eigenvalue weighted by atomic mass is 14.4. The number of rotatable bonds is 9. The summed E-state index contributed by atoms with van der Waals surface area (Å²) < 4.78 is 0. The van der Waals surface area contributed by atoms with Gasteiger partial charge in [-0.05, 0) is 81.0 Å². The van der Waals surface area contributed by atoms with Gasteiger partial charge in [0.15, 0.2) is 0 Å². The summed E-state index contributed by atoms with van der Waals surface area (Å²) in [5.74, 6) is 5.17. The van der Waals surface area contributed by atoms with Crippen LogP contribution in [0.25, 0.3) is 0 Å². The number of hydrogen-bond donors (Lipinski definition) is 0. The third-order valence-corrected chi connectivity index (χ3v) is 7.22. The van der Waals surface area contributed by atoms with Crippen molar-refractivity contribution in [1.29, 1.82) is 0 Å². The summed E-state index contributed by atoms with van der Waals surface area (Å²) in [6.07, 6.45) is 22.8. The van der Waals surface area contributed by atoms with Gasteiger partial charge in [-0.1, -0.05) is 58.4 Å². The average Bonchev–Trinajstić information content (AvgIpc) is 2.61. The quantitative estimate of drug-likeness (QED) is 0.301. The van der Waals surface area contributed by atoms with Gasteiger partial charge in [-0.3, -0.25) is 0 Å². The van der Waals surface area contributed by atoms with E-state index in [1.54, 1.807) is 25.7 Å². The van der Waals surface area contributed by atoms with Crippen LogP contribution in [-0.2, 0) is 0 Å². The molecule has 2 saturated carbocycles. The molecule has 23 heavy (non-hydrogen) atoms. The van der Waals surface area contributed by atoms with Gasteiger partial charge in [0.25, 0.3) is 0 Å². The van der Waals surface area contributed by atoms with Crippen LogP contribution in [0.4, 0.5) is 0 Å². The topological polar surface area (TPSA) is 0 Å². The lowest BCUT2D eigenvalue weighted by molar-refractivity contribution is 0.124. The third-order valence-electron chi connectivity index (χ3n) is 7.22. The van der Waals surface area contributed by atoms with Gasteiger partial charge in [0.1, 0.15) is 0 Å². The molecule has 0 amide bonds. The molecule has 0 aromatic rings. The van der Waals surface area contributed by atoms with Crippen LogP contribution in [0.15, 0.2) is 12.7 Å². The van der Waals surface area contributed by atoms with E-state index in [4.69, 9.17) is 0 Å². The van der Waals surface area contributed by atoms with Crippen molar-refractivity contribution in [2.24, 2.45) is 29.6 Å². The molecule has 0 spiro atoms. The lowest BCUT2D eigenvalue weighted by atomic mass is 9.67. The van der Waals surface area contributed by atoms with Crippen molar-refractivity contribution in [3.8, 4) is 0 Å². The first-order chi connectivity index (χ1) is 11.2. The first-order valence-electron chi connectivity index (χ1n) is 10.9. The highest BCUT2D eigenvalue weighted by molar-refractivity contribution is 4.84. The third kappa shape index (κ3) is 6.28. The van der Waals surface area contributed by atoms with Crippen LogP contribution < -0.4 is 0 Å². The fourth-order valence-electron chi connectivity index (χ4n) is 5.43. The van der Waals surface area contributed by atoms with Crippen LogP contribution in [0.2, 0.25) is 0 Å². The molecule has 0 saturated heterocycles. The van der Waals surface area contributed by atoms with E-state index < -0.39 is 0 Å². The van der Waals surface area contributed by atoms with Crippen LogP contribution in [0.5, 0.6) is 0 Å². The highest BCUT2D eigenvalue weighted by Crippen LogP contribution is 2.44. The molecule has 0 N–H and O–H groups in total. The van der Waals surface area contributed by atoms with Gasteiger partial charge in [0.2, 0.25) is 0 Å². The molecule has 134 valence electrons. The first kappa shape index (κ1) is 19.1. The summed E-state index contributed by atoms with van der Waals surface area (Å²) in [6, 6.07) is 0. The Bertz CT molecular complexity index is 302. The Labute approximate surface area is 146 Å². The maximum absolute atomic E-state index is 3.88. The Morgan fingerprint density at radius 2 is 1.52 bits per heavy atom. The summed E-state index contributed by atoms with van der Waals surface area (Å²) in [4.78, 5) is 0. The highest BCUT2D eigenvalue weighted by Gasteiger charge is 2.31. The number of allylic oxidation sites excluding steroid dienone is 1. The predicted molar refractivity (Wildman–Crippen MR) is 104 cm³/mol. The van der Waals surface area contributed by atoms with Crippen molar-refractivity contribution in [3.05, 3.63) is 12.7 Å². The van der Waals surface area contributed by atoms with Gasteiger partial charge >= 0.3 is 0 Å². The Morgan fingerprint density at radius 1 is 0.913 bits per heavy atom. The second-order valence-electron chi connectivity index (χ2n) is 8.79. The zero-order chi connectivity index (χ0) is 16.5. The summed E-state index contributed by atoms with van der Waals surface area (Å²) in [5.41, 5.74) is 0. The first-order valence-corrected chi connectivity index (χ1v) is 10.9. The molecule has 0 aromatic carbocycles. The fourth-order valence-corrected chi connectivity index (χ4v) is 5.43. The van der Waals surface area contributed by atoms with Gasteiger partial charge in [-0.2, -0.15) is 0 Å². The minimum absolute atomic E-state index is 0.920. The normalized spacial score (nSPS) is 33.3. The molecule has 0 heteroatoms. The Morgan fingerprint density at radius 3 is 2.09 bits per heavy atom. The molecular weight excluding hydrogens is 276 g/mol. The van der Waals surface area contributed by atoms with E-state index in [2.05, 4.69) is 26.5 Å². The lowest BCUT2D eigenvalue weighted by Gasteiger charge is -2.39. The molecule has 0 nitrogen and oxygen atoms in total. The minimum atomic E-state index is 0.920. The molecule has 2 aliphatic carbocycles. The predicted octanol–water partition coefficient (Wildman–Crippen LogP) is 7.78. The molecular formula is C23H42. The van der Waals surface area contributed by atoms with Crippen molar-refractivity contribution >= 4 is 0 Å². The van der Waals surface area contributed by atoms with Crippen molar-refractivity contribution in [2.75, 3.05) is 0 Å². The molecule has 0 heterocycles. The molecule has 1 atom stereocenters. The standard InChI is InChI=1S/C23H42/c1-4-6-8-10-20-11-13-22(14-12-20)23-17-15-21(16-18-23)19(3)9-7-5-2/h5,19-23H,2,4,6-18H2,1,3H3. The van der Waals surface area contributed by atoms with Crippen molar-refractivity contribution in [1.82, 2.24) is 0 Å². The monoisotopic (exact) mass is 318 g/mol. The molecule has 0 radical (unpaired) electrons. The zero-order valence-electron chi connectivity index (χ0n) is 16.1. The molecule has 1 unspecified atom stereocenters. The second kappa shape index (κ2) is 10.6. The van der Waals surface area contributed by atoms with E-state index in [9.17, 15) is 0 Å². The summed E-state index contributed by atoms with van der Waals surface area (Å²) in [6.45, 7) is 8.69. The van der Waals surface area contributed by atoms with E-state index in [-0.39, 0.29) is 0 Å². The number of unbranched alkanes of at least 4 members (excludes halogenated alkanes) is 2. The molecule has 0 aromatic heterocycles. The van der Waals surface area contributed by atoms with Gasteiger partial charge in [-0.15, -0.1) is 6.58 Å². The van der Waals surface area contributed by atoms with Gasteiger partial charge < -0.3 is 0 Å². The van der Waals surface area contributed by atoms with Crippen molar-refractivity contribution in [3.63, 3.8) is 0 Å². The summed E-state index contributed by atoms with van der Waals surface area (Å²) in [5, 5.41) is 0. The van der Waals surface area contributed by atoms with Gasteiger partial charge in [0.05, 0.1) is 0 Å². The van der Waals surface area contributed by atoms with E-state index in [1.807, 2.05) is 0 Å². The summed E-state index contributed by atoms with van der Waals surface area (Å²) in [7, 11) is 0. The zero-order valence-corrected chi connectivity index (χ0v) is 16.1. The minimum Gasteiger partial charge on any atom is -0.103 e. The van der Waals surface area contributed by atoms with Crippen LogP contribution in [0.3, 0.4) is 0 Å². The molecule has 0 aliphatic heterocycles. The Balaban J connectivity index is 1.63. The molecule has 2 aliphatic rings. The molecule has 2 fully saturated rings. The fraction of sp³-hybridized carbons (Fsp3) is 0.913. The SMILES string of the molecule is C=CCCC(C)C1CCC(C2CCC(CCCCC)CC2)CC1. The second-order valence-corrected chi connectivity index (χ2v) is 8.79. The van der Waals surface area contributed by atoms with Crippen molar-refractivity contribution in [2.45, 2.75) is 104 Å². The maximum atomic E-state index is 3.88. The van der Waals surface area contributed by atoms with Crippen LogP contribution in [-0.4, -0.2) is 0 Å². The molecule has 0 bridgehead atoms. The number of hydrogen-bond acceptors (Lipinski definition) is 0. The lowest BCUT2D eigenvalue weighted by Crippen LogP contribution is -2.27. The Kier molecular flexibility index (Phi) is 8.77. The summed E-state index contributed by atoms with van der Waals surface area (Å²) >= 11 is 0. The smallest absolute Gasteiger partial charge is 0.0351 e. The Hall–Kier alpha value is -0.260. The largest absolute Gasteiger partial charge is 0.103 e. The van der Waals surface area contributed by atoms with Gasteiger partial charge in [0, 0.05) is 0 Å². The van der Waals surface area contributed by atoms with E-state index in [0.29, 0.717) is 0 Å². The average molecular weight is 319 g/mol. The van der Waals surface area contributed by atoms with Crippen LogP contribution in [0, 0.1) is 29.6 Å². The van der Waals surface area contributed by atoms with Crippen LogP contribution in [0.1, 0.15) is 104 Å². The van der Waals surface area contributed by atoms with E-state index >= 15 is 0 Å². The van der Waals surface area contributed by atoms with E-state index in [0.717, 1.165) is 29.6 Å². The van der Waals surface area contributed by atoms with Crippen molar-refractivity contribution < 1.29 is 0 Å². The maximum Gasteiger partial charge on any atom is -0.0351 e. The van der Waals surface area contributed by atoms with E-state index in [1.165, 1.54) is 64.2 Å². The van der Waals surface area contributed by atoms with Gasteiger partial charge in [-0.25, -0.2) is 0 Å². The van der Waals surface area contributed by atoms with Crippen LogP contribution >= 0.6 is 0 Å². The molecule has 2 rings (SSSR count).